The molecule has 2 heterocycles. The molecule has 0 aliphatic carbocycles. The third-order valence-corrected chi connectivity index (χ3v) is 6.97. The average Bonchev–Trinajstić information content (AvgIpc) is 3.03. The molecule has 1 aromatic carbocycles. The van der Waals surface area contributed by atoms with Crippen LogP contribution < -0.4 is 4.72 Å². The number of hydrogen-bond acceptors (Lipinski definition) is 4. The lowest BCUT2D eigenvalue weighted by Gasteiger charge is -2.33. The SMILES string of the molecule is CC(C)NS(=O)(=O)c1cccc(C(=O)N2CCc3sccc3[C@H]2C)c1. The number of nitrogens with zero attached hydrogens (tertiary/aromatic N) is 1. The zero-order valence-corrected chi connectivity index (χ0v) is 16.2. The molecule has 2 aromatic rings. The predicted molar refractivity (Wildman–Crippen MR) is 99.4 cm³/mol. The van der Waals surface area contributed by atoms with Crippen molar-refractivity contribution >= 4 is 27.3 Å². The molecule has 7 heteroatoms. The second-order valence-electron chi connectivity index (χ2n) is 6.53. The lowest BCUT2D eigenvalue weighted by atomic mass is 10.0. The van der Waals surface area contributed by atoms with Crippen LogP contribution in [0, 0.1) is 0 Å². The van der Waals surface area contributed by atoms with E-state index in [1.807, 2.05) is 11.8 Å². The first-order chi connectivity index (χ1) is 11.8. The molecule has 1 aliphatic rings. The van der Waals surface area contributed by atoms with Crippen LogP contribution in [0.3, 0.4) is 0 Å². The smallest absolute Gasteiger partial charge is 0.254 e. The Hall–Kier alpha value is -1.70. The van der Waals surface area contributed by atoms with Crippen LogP contribution in [0.1, 0.15) is 47.6 Å². The first-order valence-corrected chi connectivity index (χ1v) is 10.7. The fraction of sp³-hybridized carbons (Fsp3) is 0.389. The maximum absolute atomic E-state index is 13.0. The van der Waals surface area contributed by atoms with Gasteiger partial charge in [0, 0.05) is 23.0 Å². The number of sulfonamides is 1. The van der Waals surface area contributed by atoms with Gasteiger partial charge in [-0.2, -0.15) is 0 Å². The van der Waals surface area contributed by atoms with Crippen molar-refractivity contribution in [3.8, 4) is 0 Å². The average molecular weight is 379 g/mol. The van der Waals surface area contributed by atoms with Gasteiger partial charge >= 0.3 is 0 Å². The fourth-order valence-corrected chi connectivity index (χ4v) is 5.39. The highest BCUT2D eigenvalue weighted by atomic mass is 32.2. The molecule has 134 valence electrons. The van der Waals surface area contributed by atoms with E-state index in [4.69, 9.17) is 0 Å². The molecule has 0 fully saturated rings. The van der Waals surface area contributed by atoms with E-state index in [1.54, 1.807) is 37.3 Å². The maximum Gasteiger partial charge on any atom is 0.254 e. The van der Waals surface area contributed by atoms with Crippen LogP contribution in [0.15, 0.2) is 40.6 Å². The summed E-state index contributed by atoms with van der Waals surface area (Å²) in [5.74, 6) is -0.133. The van der Waals surface area contributed by atoms with E-state index < -0.39 is 10.0 Å². The Balaban J connectivity index is 1.88. The number of carbonyl (C=O) groups is 1. The number of thiophene rings is 1. The summed E-state index contributed by atoms with van der Waals surface area (Å²) in [6.45, 7) is 6.19. The van der Waals surface area contributed by atoms with Gasteiger partial charge in [0.25, 0.3) is 5.91 Å². The predicted octanol–water partition coefficient (Wildman–Crippen LogP) is 3.19. The van der Waals surface area contributed by atoms with Gasteiger partial charge in [-0.05, 0) is 62.4 Å². The van der Waals surface area contributed by atoms with Crippen molar-refractivity contribution < 1.29 is 13.2 Å². The van der Waals surface area contributed by atoms with Crippen LogP contribution in [0.5, 0.6) is 0 Å². The van der Waals surface area contributed by atoms with Gasteiger partial charge in [0.1, 0.15) is 0 Å². The van der Waals surface area contributed by atoms with Gasteiger partial charge in [-0.3, -0.25) is 4.79 Å². The van der Waals surface area contributed by atoms with E-state index in [-0.39, 0.29) is 22.9 Å². The largest absolute Gasteiger partial charge is 0.331 e. The van der Waals surface area contributed by atoms with E-state index in [9.17, 15) is 13.2 Å². The van der Waals surface area contributed by atoms with Gasteiger partial charge in [-0.1, -0.05) is 6.07 Å². The summed E-state index contributed by atoms with van der Waals surface area (Å²) < 4.78 is 27.3. The minimum Gasteiger partial charge on any atom is -0.331 e. The highest BCUT2D eigenvalue weighted by Gasteiger charge is 2.29. The van der Waals surface area contributed by atoms with Gasteiger partial charge < -0.3 is 4.90 Å². The first kappa shape index (κ1) is 18.1. The normalized spacial score (nSPS) is 17.6. The summed E-state index contributed by atoms with van der Waals surface area (Å²) in [6, 6.07) is 8.12. The molecular weight excluding hydrogens is 356 g/mol. The second kappa shape index (κ2) is 6.90. The van der Waals surface area contributed by atoms with Crippen molar-refractivity contribution in [2.45, 2.75) is 44.2 Å². The fourth-order valence-electron chi connectivity index (χ4n) is 3.13. The Morgan fingerprint density at radius 3 is 2.80 bits per heavy atom. The number of hydrogen-bond donors (Lipinski definition) is 1. The Kier molecular flexibility index (Phi) is 4.99. The molecule has 25 heavy (non-hydrogen) atoms. The Bertz CT molecular complexity index is 887. The lowest BCUT2D eigenvalue weighted by Crippen LogP contribution is -2.38. The molecule has 0 unspecified atom stereocenters. The van der Waals surface area contributed by atoms with Crippen LogP contribution in [0.2, 0.25) is 0 Å². The van der Waals surface area contributed by atoms with Crippen molar-refractivity contribution in [2.75, 3.05) is 6.54 Å². The molecule has 0 saturated carbocycles. The molecule has 0 bridgehead atoms. The summed E-state index contributed by atoms with van der Waals surface area (Å²) in [6.07, 6.45) is 0.843. The first-order valence-electron chi connectivity index (χ1n) is 8.29. The van der Waals surface area contributed by atoms with Crippen molar-refractivity contribution in [1.29, 1.82) is 0 Å². The minimum absolute atomic E-state index is 0.00319. The molecule has 0 spiro atoms. The second-order valence-corrected chi connectivity index (χ2v) is 9.24. The summed E-state index contributed by atoms with van der Waals surface area (Å²) in [5, 5.41) is 2.06. The van der Waals surface area contributed by atoms with E-state index >= 15 is 0 Å². The molecule has 1 atom stereocenters. The van der Waals surface area contributed by atoms with Crippen LogP contribution >= 0.6 is 11.3 Å². The van der Waals surface area contributed by atoms with Crippen LogP contribution in [-0.4, -0.2) is 31.8 Å². The molecule has 5 nitrogen and oxygen atoms in total. The van der Waals surface area contributed by atoms with Crippen LogP contribution in [0.25, 0.3) is 0 Å². The molecule has 3 rings (SSSR count). The minimum atomic E-state index is -3.62. The molecule has 0 saturated heterocycles. The summed E-state index contributed by atoms with van der Waals surface area (Å²) in [4.78, 5) is 16.2. The third-order valence-electron chi connectivity index (χ3n) is 4.32. The number of benzene rings is 1. The topological polar surface area (TPSA) is 66.5 Å². The van der Waals surface area contributed by atoms with Crippen molar-refractivity contribution in [2.24, 2.45) is 0 Å². The monoisotopic (exact) mass is 378 g/mol. The molecule has 0 radical (unpaired) electrons. The highest BCUT2D eigenvalue weighted by molar-refractivity contribution is 7.89. The standard InChI is InChI=1S/C18H22N2O3S2/c1-12(2)19-25(22,23)15-6-4-5-14(11-15)18(21)20-9-7-17-16(13(20)3)8-10-24-17/h4-6,8,10-13,19H,7,9H2,1-3H3/t13-/m1/s1. The number of carbonyl (C=O) groups excluding carboxylic acids is 1. The van der Waals surface area contributed by atoms with E-state index in [2.05, 4.69) is 16.2 Å². The van der Waals surface area contributed by atoms with Crippen molar-refractivity contribution in [1.82, 2.24) is 9.62 Å². The van der Waals surface area contributed by atoms with Crippen LogP contribution in [0.4, 0.5) is 0 Å². The zero-order chi connectivity index (χ0) is 18.2. The molecular formula is C18H22N2O3S2. The van der Waals surface area contributed by atoms with Gasteiger partial charge in [-0.25, -0.2) is 13.1 Å². The molecule has 1 amide bonds. The lowest BCUT2D eigenvalue weighted by molar-refractivity contribution is 0.0679. The number of fused-ring (bicyclic) bond motifs is 1. The van der Waals surface area contributed by atoms with Crippen LogP contribution in [-0.2, 0) is 16.4 Å². The van der Waals surface area contributed by atoms with E-state index in [1.165, 1.54) is 22.6 Å². The molecule has 1 N–H and O–H groups in total. The van der Waals surface area contributed by atoms with Crippen molar-refractivity contribution in [3.05, 3.63) is 51.7 Å². The summed E-state index contributed by atoms with van der Waals surface area (Å²) >= 11 is 1.72. The van der Waals surface area contributed by atoms with E-state index in [0.29, 0.717) is 12.1 Å². The van der Waals surface area contributed by atoms with E-state index in [0.717, 1.165) is 6.42 Å². The Morgan fingerprint density at radius 1 is 1.32 bits per heavy atom. The summed E-state index contributed by atoms with van der Waals surface area (Å²) in [7, 11) is -3.62. The Labute approximate surface area is 152 Å². The molecule has 1 aromatic heterocycles. The van der Waals surface area contributed by atoms with Gasteiger partial charge in [0.2, 0.25) is 10.0 Å². The number of rotatable bonds is 4. The Morgan fingerprint density at radius 2 is 2.08 bits per heavy atom. The van der Waals surface area contributed by atoms with Gasteiger partial charge in [0.15, 0.2) is 0 Å². The molecule has 1 aliphatic heterocycles. The maximum atomic E-state index is 13.0. The zero-order valence-electron chi connectivity index (χ0n) is 14.5. The quantitative estimate of drug-likeness (QED) is 0.888. The van der Waals surface area contributed by atoms with Gasteiger partial charge in [0.05, 0.1) is 10.9 Å². The number of amides is 1. The third kappa shape index (κ3) is 3.63. The van der Waals surface area contributed by atoms with Crippen molar-refractivity contribution in [3.63, 3.8) is 0 Å². The number of nitrogens with one attached hydrogen (secondary N) is 1. The highest BCUT2D eigenvalue weighted by Crippen LogP contribution is 2.33. The summed E-state index contributed by atoms with van der Waals surface area (Å²) in [5.41, 5.74) is 1.59. The van der Waals surface area contributed by atoms with Gasteiger partial charge in [-0.15, -0.1) is 11.3 Å².